The molecule has 0 N–H and O–H groups in total. The van der Waals surface area contributed by atoms with Crippen LogP contribution in [0.5, 0.6) is 0 Å². The molecule has 0 amide bonds. The van der Waals surface area contributed by atoms with Crippen LogP contribution in [-0.2, 0) is 19.7 Å². The summed E-state index contributed by atoms with van der Waals surface area (Å²) in [5.74, 6) is 0.490. The largest absolute Gasteiger partial charge is 0.532 e. The zero-order valence-corrected chi connectivity index (χ0v) is 14.3. The molecule has 0 saturated heterocycles. The van der Waals surface area contributed by atoms with Gasteiger partial charge < -0.3 is 13.3 Å². The van der Waals surface area contributed by atoms with E-state index in [1.165, 1.54) is 10.8 Å². The normalized spacial score (nSPS) is 18.2. The van der Waals surface area contributed by atoms with Crippen LogP contribution in [0.4, 0.5) is 0 Å². The van der Waals surface area contributed by atoms with Crippen LogP contribution in [0.25, 0.3) is 0 Å². The van der Waals surface area contributed by atoms with E-state index in [1.807, 2.05) is 20.8 Å². The second-order valence-corrected chi connectivity index (χ2v) is 7.69. The number of allylic oxidation sites excluding steroid dienone is 2. The van der Waals surface area contributed by atoms with Gasteiger partial charge in [-0.25, -0.2) is 0 Å². The van der Waals surface area contributed by atoms with Gasteiger partial charge in [0, 0.05) is 19.8 Å². The minimum absolute atomic E-state index is 0.490. The minimum atomic E-state index is -2.67. The molecular weight excluding hydrogens is 280 g/mol. The lowest BCUT2D eigenvalue weighted by Crippen LogP contribution is -2.52. The lowest BCUT2D eigenvalue weighted by molar-refractivity contribution is 0.0758. The number of benzene rings is 1. The first-order chi connectivity index (χ1) is 10.3. The van der Waals surface area contributed by atoms with E-state index in [9.17, 15) is 0 Å². The molecule has 1 aliphatic rings. The molecule has 0 fully saturated rings. The Bertz CT molecular complexity index is 441. The van der Waals surface area contributed by atoms with Crippen LogP contribution < -0.4 is 0 Å². The minimum Gasteiger partial charge on any atom is -0.370 e. The molecule has 3 nitrogen and oxygen atoms in total. The average Bonchev–Trinajstić information content (AvgIpc) is 2.45. The Morgan fingerprint density at radius 2 is 1.52 bits per heavy atom. The maximum atomic E-state index is 6.01. The molecule has 1 unspecified atom stereocenters. The molecule has 1 atom stereocenters. The lowest BCUT2D eigenvalue weighted by Gasteiger charge is -2.38. The van der Waals surface area contributed by atoms with Gasteiger partial charge in [-0.2, -0.15) is 0 Å². The van der Waals surface area contributed by atoms with Gasteiger partial charge in [-0.05, 0) is 50.3 Å². The Morgan fingerprint density at radius 3 is 1.95 bits per heavy atom. The van der Waals surface area contributed by atoms with Gasteiger partial charge in [0.25, 0.3) is 0 Å². The van der Waals surface area contributed by atoms with Crippen molar-refractivity contribution < 1.29 is 13.3 Å². The lowest BCUT2D eigenvalue weighted by atomic mass is 9.88. The van der Waals surface area contributed by atoms with Crippen LogP contribution in [0.2, 0.25) is 0 Å². The van der Waals surface area contributed by atoms with Crippen molar-refractivity contribution in [3.05, 3.63) is 47.2 Å². The molecule has 116 valence electrons. The van der Waals surface area contributed by atoms with Gasteiger partial charge in [-0.1, -0.05) is 36.4 Å². The maximum absolute atomic E-state index is 6.01. The predicted octanol–water partition coefficient (Wildman–Crippen LogP) is 3.76. The van der Waals surface area contributed by atoms with Gasteiger partial charge >= 0.3 is 8.80 Å². The Morgan fingerprint density at radius 1 is 0.952 bits per heavy atom. The quantitative estimate of drug-likeness (QED) is 0.650. The molecule has 0 aliphatic heterocycles. The van der Waals surface area contributed by atoms with Crippen LogP contribution >= 0.6 is 0 Å². The Kier molecular flexibility index (Phi) is 6.17. The molecule has 1 aliphatic carbocycles. The summed E-state index contributed by atoms with van der Waals surface area (Å²) in [7, 11) is -2.67. The number of rotatable bonds is 9. The van der Waals surface area contributed by atoms with Crippen LogP contribution in [0.1, 0.15) is 32.8 Å². The third-order valence-corrected chi connectivity index (χ3v) is 7.07. The summed E-state index contributed by atoms with van der Waals surface area (Å²) in [6.07, 6.45) is 4.38. The smallest absolute Gasteiger partial charge is 0.370 e. The van der Waals surface area contributed by atoms with Crippen molar-refractivity contribution in [1.29, 1.82) is 0 Å². The van der Waals surface area contributed by atoms with E-state index in [0.29, 0.717) is 25.7 Å². The van der Waals surface area contributed by atoms with Crippen molar-refractivity contribution in [2.75, 3.05) is 19.8 Å². The van der Waals surface area contributed by atoms with E-state index in [2.05, 4.69) is 36.4 Å². The van der Waals surface area contributed by atoms with Gasteiger partial charge in [-0.3, -0.25) is 0 Å². The molecule has 1 aromatic carbocycles. The Labute approximate surface area is 129 Å². The predicted molar refractivity (Wildman–Crippen MR) is 87.0 cm³/mol. The second-order valence-electron chi connectivity index (χ2n) is 5.14. The van der Waals surface area contributed by atoms with Crippen molar-refractivity contribution in [2.24, 2.45) is 5.92 Å². The monoisotopic (exact) mass is 306 g/mol. The standard InChI is InChI=1S/C17H26O3Si/c1-4-18-21(19-5-2,20-6-3)17-13-12-16(17)14-15-10-8-7-9-11-15/h7-11,13,16H,4-6,12,14H2,1-3H3. The highest BCUT2D eigenvalue weighted by Gasteiger charge is 2.50. The van der Waals surface area contributed by atoms with E-state index < -0.39 is 8.80 Å². The maximum Gasteiger partial charge on any atom is 0.532 e. The molecule has 0 bridgehead atoms. The zero-order chi connectivity index (χ0) is 15.1. The van der Waals surface area contributed by atoms with E-state index in [0.717, 1.165) is 12.8 Å². The van der Waals surface area contributed by atoms with Crippen molar-refractivity contribution in [3.8, 4) is 0 Å². The molecule has 21 heavy (non-hydrogen) atoms. The zero-order valence-electron chi connectivity index (χ0n) is 13.3. The molecule has 4 heteroatoms. The summed E-state index contributed by atoms with van der Waals surface area (Å²) < 4.78 is 18.0. The summed E-state index contributed by atoms with van der Waals surface area (Å²) >= 11 is 0. The molecule has 0 aromatic heterocycles. The number of hydrogen-bond donors (Lipinski definition) is 0. The fourth-order valence-corrected chi connectivity index (χ4v) is 5.79. The first-order valence-electron chi connectivity index (χ1n) is 7.92. The van der Waals surface area contributed by atoms with E-state index in [-0.39, 0.29) is 0 Å². The molecule has 0 saturated carbocycles. The van der Waals surface area contributed by atoms with E-state index >= 15 is 0 Å². The van der Waals surface area contributed by atoms with Gasteiger partial charge in [-0.15, -0.1) is 0 Å². The van der Waals surface area contributed by atoms with Crippen LogP contribution in [0.15, 0.2) is 41.6 Å². The Balaban J connectivity index is 2.12. The fraction of sp³-hybridized carbons (Fsp3) is 0.529. The topological polar surface area (TPSA) is 27.7 Å². The van der Waals surface area contributed by atoms with Gasteiger partial charge in [0.1, 0.15) is 0 Å². The highest BCUT2D eigenvalue weighted by Crippen LogP contribution is 2.38. The molecular formula is C17H26O3Si. The molecule has 0 radical (unpaired) electrons. The summed E-state index contributed by atoms with van der Waals surface area (Å²) in [4.78, 5) is 0. The van der Waals surface area contributed by atoms with Crippen molar-refractivity contribution in [1.82, 2.24) is 0 Å². The first-order valence-corrected chi connectivity index (χ1v) is 9.64. The van der Waals surface area contributed by atoms with Crippen molar-refractivity contribution >= 4 is 8.80 Å². The van der Waals surface area contributed by atoms with E-state index in [4.69, 9.17) is 13.3 Å². The van der Waals surface area contributed by atoms with Crippen molar-refractivity contribution in [3.63, 3.8) is 0 Å². The van der Waals surface area contributed by atoms with Crippen LogP contribution in [0, 0.1) is 5.92 Å². The molecule has 0 spiro atoms. The molecule has 1 aromatic rings. The average molecular weight is 306 g/mol. The summed E-state index contributed by atoms with van der Waals surface area (Å²) in [5.41, 5.74) is 1.36. The summed E-state index contributed by atoms with van der Waals surface area (Å²) in [5, 5.41) is 1.27. The van der Waals surface area contributed by atoms with Crippen LogP contribution in [-0.4, -0.2) is 28.6 Å². The number of hydrogen-bond acceptors (Lipinski definition) is 3. The third-order valence-electron chi connectivity index (χ3n) is 3.74. The highest BCUT2D eigenvalue weighted by atomic mass is 28.4. The van der Waals surface area contributed by atoms with Crippen LogP contribution in [0.3, 0.4) is 0 Å². The third kappa shape index (κ3) is 3.83. The first kappa shape index (κ1) is 16.4. The van der Waals surface area contributed by atoms with E-state index in [1.54, 1.807) is 0 Å². The highest BCUT2D eigenvalue weighted by molar-refractivity contribution is 6.69. The van der Waals surface area contributed by atoms with Gasteiger partial charge in [0.2, 0.25) is 0 Å². The summed E-state index contributed by atoms with van der Waals surface area (Å²) in [6, 6.07) is 10.6. The molecule has 2 rings (SSSR count). The van der Waals surface area contributed by atoms with Crippen molar-refractivity contribution in [2.45, 2.75) is 33.6 Å². The van der Waals surface area contributed by atoms with Gasteiger partial charge in [0.15, 0.2) is 0 Å². The summed E-state index contributed by atoms with van der Waals surface area (Å²) in [6.45, 7) is 7.90. The second kappa shape index (κ2) is 7.89. The SMILES string of the molecule is CCO[Si](OCC)(OCC)C1=CCC1Cc1ccccc1. The molecule has 0 heterocycles. The van der Waals surface area contributed by atoms with Gasteiger partial charge in [0.05, 0.1) is 0 Å². The Hall–Kier alpha value is -0.943. The fourth-order valence-electron chi connectivity index (χ4n) is 2.81.